The molecular weight excluding hydrogens is 330 g/mol. The third-order valence-corrected chi connectivity index (χ3v) is 4.29. The number of carbonyl (C=O) groups excluding carboxylic acids is 2. The molecule has 132 valence electrons. The maximum absolute atomic E-state index is 12.9. The molecule has 24 heavy (non-hydrogen) atoms. The Balaban J connectivity index is 2.08. The van der Waals surface area contributed by atoms with Gasteiger partial charge in [-0.2, -0.15) is 0 Å². The van der Waals surface area contributed by atoms with Crippen LogP contribution in [0.15, 0.2) is 18.2 Å². The fourth-order valence-corrected chi connectivity index (χ4v) is 3.03. The Morgan fingerprint density at radius 3 is 2.88 bits per heavy atom. The van der Waals surface area contributed by atoms with E-state index in [0.29, 0.717) is 42.4 Å². The molecule has 2 N–H and O–H groups in total. The number of halogens is 1. The summed E-state index contributed by atoms with van der Waals surface area (Å²) in [6, 6.07) is 4.48. The molecule has 2 rings (SSSR count). The topological polar surface area (TPSA) is 70.7 Å². The molecule has 1 aromatic carbocycles. The van der Waals surface area contributed by atoms with Gasteiger partial charge in [0.25, 0.3) is 5.91 Å². The highest BCUT2D eigenvalue weighted by molar-refractivity contribution is 6.31. The standard InChI is InChI=1S/C17H24ClN3O3/c1-3-19-8-9-20-16(22)14-5-4-10-21(14)17(23)13-11-12(18)6-7-15(13)24-2/h6-7,11,14,19H,3-5,8-10H2,1-2H3,(H,20,22). The van der Waals surface area contributed by atoms with Crippen LogP contribution in [0.4, 0.5) is 0 Å². The van der Waals surface area contributed by atoms with Gasteiger partial charge in [0.05, 0.1) is 12.7 Å². The van der Waals surface area contributed by atoms with E-state index >= 15 is 0 Å². The number of amides is 2. The molecule has 1 aromatic rings. The molecule has 0 spiro atoms. The van der Waals surface area contributed by atoms with Crippen molar-refractivity contribution in [2.75, 3.05) is 33.3 Å². The van der Waals surface area contributed by atoms with Crippen LogP contribution in [0.1, 0.15) is 30.1 Å². The Morgan fingerprint density at radius 2 is 2.17 bits per heavy atom. The average Bonchev–Trinajstić information content (AvgIpc) is 3.07. The van der Waals surface area contributed by atoms with Gasteiger partial charge in [-0.15, -0.1) is 0 Å². The smallest absolute Gasteiger partial charge is 0.258 e. The summed E-state index contributed by atoms with van der Waals surface area (Å²) < 4.78 is 5.25. The molecule has 0 radical (unpaired) electrons. The number of rotatable bonds is 7. The Kier molecular flexibility index (Phi) is 6.87. The fourth-order valence-electron chi connectivity index (χ4n) is 2.85. The second-order valence-corrected chi connectivity index (χ2v) is 6.08. The molecular formula is C17H24ClN3O3. The summed E-state index contributed by atoms with van der Waals surface area (Å²) in [5.41, 5.74) is 0.386. The number of hydrogen-bond acceptors (Lipinski definition) is 4. The zero-order chi connectivity index (χ0) is 17.5. The first-order valence-corrected chi connectivity index (χ1v) is 8.59. The van der Waals surface area contributed by atoms with Crippen LogP contribution >= 0.6 is 11.6 Å². The van der Waals surface area contributed by atoms with Gasteiger partial charge in [0, 0.05) is 24.7 Å². The van der Waals surface area contributed by atoms with Crippen LogP contribution in [-0.2, 0) is 4.79 Å². The highest BCUT2D eigenvalue weighted by Gasteiger charge is 2.35. The Labute approximate surface area is 147 Å². The van der Waals surface area contributed by atoms with E-state index in [1.54, 1.807) is 23.1 Å². The van der Waals surface area contributed by atoms with Crippen LogP contribution in [-0.4, -0.2) is 56.0 Å². The molecule has 1 heterocycles. The van der Waals surface area contributed by atoms with Gasteiger partial charge in [-0.1, -0.05) is 18.5 Å². The number of ether oxygens (including phenoxy) is 1. The number of methoxy groups -OCH3 is 1. The zero-order valence-electron chi connectivity index (χ0n) is 14.1. The van der Waals surface area contributed by atoms with Gasteiger partial charge in [0.2, 0.25) is 5.91 Å². The monoisotopic (exact) mass is 353 g/mol. The summed E-state index contributed by atoms with van der Waals surface area (Å²) in [4.78, 5) is 26.9. The van der Waals surface area contributed by atoms with E-state index in [2.05, 4.69) is 10.6 Å². The van der Waals surface area contributed by atoms with Crippen molar-refractivity contribution in [3.63, 3.8) is 0 Å². The van der Waals surface area contributed by atoms with E-state index in [1.165, 1.54) is 7.11 Å². The van der Waals surface area contributed by atoms with E-state index in [1.807, 2.05) is 6.92 Å². The van der Waals surface area contributed by atoms with Gasteiger partial charge in [0.1, 0.15) is 11.8 Å². The lowest BCUT2D eigenvalue weighted by Crippen LogP contribution is -2.47. The molecule has 7 heteroatoms. The van der Waals surface area contributed by atoms with Gasteiger partial charge in [-0.25, -0.2) is 0 Å². The average molecular weight is 354 g/mol. The predicted molar refractivity (Wildman–Crippen MR) is 93.6 cm³/mol. The third kappa shape index (κ3) is 4.39. The second kappa shape index (κ2) is 8.89. The summed E-state index contributed by atoms with van der Waals surface area (Å²) >= 11 is 6.01. The number of likely N-dealkylation sites (tertiary alicyclic amines) is 1. The molecule has 1 aliphatic rings. The third-order valence-electron chi connectivity index (χ3n) is 4.06. The van der Waals surface area contributed by atoms with Crippen LogP contribution in [0, 0.1) is 0 Å². The number of hydrogen-bond donors (Lipinski definition) is 2. The van der Waals surface area contributed by atoms with Crippen molar-refractivity contribution in [1.29, 1.82) is 0 Å². The van der Waals surface area contributed by atoms with E-state index in [9.17, 15) is 9.59 Å². The summed E-state index contributed by atoms with van der Waals surface area (Å²) in [6.45, 7) is 4.69. The molecule has 0 saturated carbocycles. The molecule has 1 saturated heterocycles. The lowest BCUT2D eigenvalue weighted by molar-refractivity contribution is -0.124. The van der Waals surface area contributed by atoms with E-state index in [0.717, 1.165) is 13.0 Å². The second-order valence-electron chi connectivity index (χ2n) is 5.65. The normalized spacial score (nSPS) is 17.0. The molecule has 1 fully saturated rings. The quantitative estimate of drug-likeness (QED) is 0.732. The minimum atomic E-state index is -0.442. The summed E-state index contributed by atoms with van der Waals surface area (Å²) in [7, 11) is 1.51. The van der Waals surface area contributed by atoms with E-state index in [4.69, 9.17) is 16.3 Å². The maximum Gasteiger partial charge on any atom is 0.258 e. The first-order valence-electron chi connectivity index (χ1n) is 8.21. The van der Waals surface area contributed by atoms with Crippen molar-refractivity contribution in [3.05, 3.63) is 28.8 Å². The van der Waals surface area contributed by atoms with Crippen molar-refractivity contribution in [2.24, 2.45) is 0 Å². The maximum atomic E-state index is 12.9. The lowest BCUT2D eigenvalue weighted by Gasteiger charge is -2.25. The van der Waals surface area contributed by atoms with Gasteiger partial charge < -0.3 is 20.3 Å². The first kappa shape index (κ1) is 18.5. The van der Waals surface area contributed by atoms with E-state index < -0.39 is 6.04 Å². The first-order chi connectivity index (χ1) is 11.6. The molecule has 0 bridgehead atoms. The van der Waals surface area contributed by atoms with Crippen LogP contribution in [0.3, 0.4) is 0 Å². The molecule has 1 atom stereocenters. The van der Waals surface area contributed by atoms with Crippen molar-refractivity contribution >= 4 is 23.4 Å². The lowest BCUT2D eigenvalue weighted by atomic mass is 10.1. The Hall–Kier alpha value is -1.79. The number of carbonyl (C=O) groups is 2. The highest BCUT2D eigenvalue weighted by Crippen LogP contribution is 2.27. The minimum Gasteiger partial charge on any atom is -0.496 e. The van der Waals surface area contributed by atoms with Gasteiger partial charge >= 0.3 is 0 Å². The molecule has 2 amide bonds. The zero-order valence-corrected chi connectivity index (χ0v) is 14.9. The summed E-state index contributed by atoms with van der Waals surface area (Å²) in [5, 5.41) is 6.49. The SMILES string of the molecule is CCNCCNC(=O)C1CCCN1C(=O)c1cc(Cl)ccc1OC. The summed E-state index contributed by atoms with van der Waals surface area (Å²) in [5.74, 6) is 0.126. The molecule has 1 unspecified atom stereocenters. The minimum absolute atomic E-state index is 0.111. The fraction of sp³-hybridized carbons (Fsp3) is 0.529. The van der Waals surface area contributed by atoms with Crippen LogP contribution in [0.25, 0.3) is 0 Å². The van der Waals surface area contributed by atoms with Gasteiger partial charge in [-0.05, 0) is 37.6 Å². The molecule has 0 aliphatic carbocycles. The number of nitrogens with zero attached hydrogens (tertiary/aromatic N) is 1. The van der Waals surface area contributed by atoms with Crippen LogP contribution < -0.4 is 15.4 Å². The van der Waals surface area contributed by atoms with Gasteiger partial charge in [0.15, 0.2) is 0 Å². The highest BCUT2D eigenvalue weighted by atomic mass is 35.5. The summed E-state index contributed by atoms with van der Waals surface area (Å²) in [6.07, 6.45) is 1.47. The molecule has 1 aliphatic heterocycles. The largest absolute Gasteiger partial charge is 0.496 e. The molecule has 6 nitrogen and oxygen atoms in total. The van der Waals surface area contributed by atoms with Crippen LogP contribution in [0.5, 0.6) is 5.75 Å². The van der Waals surface area contributed by atoms with Crippen molar-refractivity contribution < 1.29 is 14.3 Å². The Morgan fingerprint density at radius 1 is 1.38 bits per heavy atom. The Bertz CT molecular complexity index is 594. The number of benzene rings is 1. The van der Waals surface area contributed by atoms with E-state index in [-0.39, 0.29) is 11.8 Å². The van der Waals surface area contributed by atoms with Crippen molar-refractivity contribution in [1.82, 2.24) is 15.5 Å². The molecule has 0 aromatic heterocycles. The number of likely N-dealkylation sites (N-methyl/N-ethyl adjacent to an activating group) is 1. The van der Waals surface area contributed by atoms with Gasteiger partial charge in [-0.3, -0.25) is 9.59 Å². The number of nitrogens with one attached hydrogen (secondary N) is 2. The predicted octanol–water partition coefficient (Wildman–Crippen LogP) is 1.68. The van der Waals surface area contributed by atoms with Crippen molar-refractivity contribution in [3.8, 4) is 5.75 Å². The van der Waals surface area contributed by atoms with Crippen molar-refractivity contribution in [2.45, 2.75) is 25.8 Å². The van der Waals surface area contributed by atoms with Crippen LogP contribution in [0.2, 0.25) is 5.02 Å².